The Kier molecular flexibility index (Phi) is 7.33. The number of nitrogens with zero attached hydrogens (tertiary/aromatic N) is 2. The SMILES string of the molecule is CC(NC(=NCC(=O)N(C)C)NCCc1ccco1)c1ccc2c(c1)CCCC2. The van der Waals surface area contributed by atoms with Gasteiger partial charge in [-0.15, -0.1) is 0 Å². The third-order valence-electron chi connectivity index (χ3n) is 5.34. The number of carbonyl (C=O) groups is 1. The van der Waals surface area contributed by atoms with Gasteiger partial charge in [0.05, 0.1) is 12.3 Å². The zero-order valence-corrected chi connectivity index (χ0v) is 17.7. The van der Waals surface area contributed by atoms with Gasteiger partial charge < -0.3 is 20.0 Å². The van der Waals surface area contributed by atoms with E-state index < -0.39 is 0 Å². The second-order valence-corrected chi connectivity index (χ2v) is 7.81. The smallest absolute Gasteiger partial charge is 0.243 e. The molecule has 2 aromatic rings. The van der Waals surface area contributed by atoms with E-state index in [4.69, 9.17) is 4.42 Å². The molecule has 1 amide bonds. The van der Waals surface area contributed by atoms with Crippen molar-refractivity contribution in [3.05, 3.63) is 59.0 Å². The highest BCUT2D eigenvalue weighted by molar-refractivity contribution is 5.85. The summed E-state index contributed by atoms with van der Waals surface area (Å²) in [4.78, 5) is 18.0. The standard InChI is InChI=1S/C23H32N4O2/c1-17(19-11-10-18-7-4-5-8-20(18)15-19)26-23(25-16-22(28)27(2)3)24-13-12-21-9-6-14-29-21/h6,9-11,14-15,17H,4-5,7-8,12-13,16H2,1-3H3,(H2,24,25,26). The maximum atomic E-state index is 12.0. The Labute approximate surface area is 173 Å². The Morgan fingerprint density at radius 3 is 2.72 bits per heavy atom. The molecule has 1 aromatic heterocycles. The number of benzene rings is 1. The van der Waals surface area contributed by atoms with Crippen LogP contribution in [0.1, 0.15) is 48.3 Å². The second-order valence-electron chi connectivity index (χ2n) is 7.81. The van der Waals surface area contributed by atoms with Gasteiger partial charge in [-0.2, -0.15) is 0 Å². The summed E-state index contributed by atoms with van der Waals surface area (Å²) in [5.74, 6) is 1.53. The minimum Gasteiger partial charge on any atom is -0.469 e. The predicted molar refractivity (Wildman–Crippen MR) is 116 cm³/mol. The van der Waals surface area contributed by atoms with Gasteiger partial charge in [-0.05, 0) is 61.4 Å². The highest BCUT2D eigenvalue weighted by Crippen LogP contribution is 2.24. The quantitative estimate of drug-likeness (QED) is 0.557. The minimum absolute atomic E-state index is 0.0291. The van der Waals surface area contributed by atoms with Crippen molar-refractivity contribution in [1.82, 2.24) is 15.5 Å². The van der Waals surface area contributed by atoms with Gasteiger partial charge in [0.2, 0.25) is 5.91 Å². The van der Waals surface area contributed by atoms with Gasteiger partial charge >= 0.3 is 0 Å². The summed E-state index contributed by atoms with van der Waals surface area (Å²) in [6.07, 6.45) is 7.34. The molecule has 156 valence electrons. The molecule has 1 aliphatic rings. The topological polar surface area (TPSA) is 69.9 Å². The molecule has 1 unspecified atom stereocenters. The third-order valence-corrected chi connectivity index (χ3v) is 5.34. The molecule has 6 heteroatoms. The lowest BCUT2D eigenvalue weighted by Crippen LogP contribution is -2.40. The monoisotopic (exact) mass is 396 g/mol. The number of likely N-dealkylation sites (N-methyl/N-ethyl adjacent to an activating group) is 1. The van der Waals surface area contributed by atoms with E-state index in [0.717, 1.165) is 18.6 Å². The van der Waals surface area contributed by atoms with Crippen LogP contribution >= 0.6 is 0 Å². The summed E-state index contributed by atoms with van der Waals surface area (Å²) >= 11 is 0. The Bertz CT molecular complexity index is 827. The Morgan fingerprint density at radius 2 is 2.00 bits per heavy atom. The molecule has 0 saturated carbocycles. The minimum atomic E-state index is -0.0291. The van der Waals surface area contributed by atoms with Crippen molar-refractivity contribution >= 4 is 11.9 Å². The molecule has 29 heavy (non-hydrogen) atoms. The largest absolute Gasteiger partial charge is 0.469 e. The first-order chi connectivity index (χ1) is 14.0. The average molecular weight is 397 g/mol. The van der Waals surface area contributed by atoms with Crippen LogP contribution in [0.4, 0.5) is 0 Å². The lowest BCUT2D eigenvalue weighted by molar-refractivity contribution is -0.127. The van der Waals surface area contributed by atoms with E-state index in [0.29, 0.717) is 12.5 Å². The van der Waals surface area contributed by atoms with Crippen LogP contribution in [-0.4, -0.2) is 44.0 Å². The lowest BCUT2D eigenvalue weighted by atomic mass is 9.89. The number of hydrogen-bond acceptors (Lipinski definition) is 3. The summed E-state index contributed by atoms with van der Waals surface area (Å²) in [6, 6.07) is 10.7. The van der Waals surface area contributed by atoms with E-state index in [2.05, 4.69) is 40.7 Å². The van der Waals surface area contributed by atoms with Gasteiger partial charge in [-0.3, -0.25) is 4.79 Å². The molecule has 1 aromatic carbocycles. The summed E-state index contributed by atoms with van der Waals surface area (Å²) in [5, 5.41) is 6.78. The molecule has 0 fully saturated rings. The van der Waals surface area contributed by atoms with Crippen molar-refractivity contribution in [1.29, 1.82) is 0 Å². The molecule has 0 spiro atoms. The lowest BCUT2D eigenvalue weighted by Gasteiger charge is -2.22. The van der Waals surface area contributed by atoms with E-state index in [1.54, 1.807) is 25.3 Å². The van der Waals surface area contributed by atoms with Crippen molar-refractivity contribution in [2.75, 3.05) is 27.2 Å². The average Bonchev–Trinajstić information content (AvgIpc) is 3.24. The van der Waals surface area contributed by atoms with Crippen LogP contribution in [0.2, 0.25) is 0 Å². The Morgan fingerprint density at radius 1 is 1.21 bits per heavy atom. The molecule has 0 saturated heterocycles. The first-order valence-electron chi connectivity index (χ1n) is 10.4. The van der Waals surface area contributed by atoms with Crippen molar-refractivity contribution < 1.29 is 9.21 Å². The van der Waals surface area contributed by atoms with Crippen LogP contribution in [0, 0.1) is 0 Å². The van der Waals surface area contributed by atoms with Gasteiger partial charge in [-0.25, -0.2) is 4.99 Å². The number of rotatable bonds is 7. The Hall–Kier alpha value is -2.76. The van der Waals surface area contributed by atoms with Crippen LogP contribution in [0.25, 0.3) is 0 Å². The molecule has 0 aliphatic heterocycles. The number of carbonyl (C=O) groups excluding carboxylic acids is 1. The van der Waals surface area contributed by atoms with Crippen LogP contribution in [0.15, 0.2) is 46.0 Å². The number of nitrogens with one attached hydrogen (secondary N) is 2. The molecule has 0 bridgehead atoms. The van der Waals surface area contributed by atoms with Gasteiger partial charge in [-0.1, -0.05) is 18.2 Å². The van der Waals surface area contributed by atoms with Gasteiger partial charge in [0.25, 0.3) is 0 Å². The normalized spacial score (nSPS) is 14.8. The molecule has 1 heterocycles. The van der Waals surface area contributed by atoms with Crippen LogP contribution in [0.3, 0.4) is 0 Å². The van der Waals surface area contributed by atoms with E-state index >= 15 is 0 Å². The van der Waals surface area contributed by atoms with E-state index in [1.807, 2.05) is 12.1 Å². The van der Waals surface area contributed by atoms with Crippen LogP contribution in [0.5, 0.6) is 0 Å². The summed E-state index contributed by atoms with van der Waals surface area (Å²) in [7, 11) is 3.48. The predicted octanol–water partition coefficient (Wildman–Crippen LogP) is 3.09. The number of furan rings is 1. The van der Waals surface area contributed by atoms with Crippen molar-refractivity contribution in [2.45, 2.75) is 45.1 Å². The van der Waals surface area contributed by atoms with Gasteiger partial charge in [0.15, 0.2) is 5.96 Å². The third kappa shape index (κ3) is 6.11. The number of aryl methyl sites for hydroxylation is 2. The summed E-state index contributed by atoms with van der Waals surface area (Å²) < 4.78 is 5.39. The van der Waals surface area contributed by atoms with Crippen molar-refractivity contribution in [3.8, 4) is 0 Å². The molecular formula is C23H32N4O2. The maximum Gasteiger partial charge on any atom is 0.243 e. The molecule has 1 atom stereocenters. The number of aliphatic imine (C=N–C) groups is 1. The number of hydrogen-bond donors (Lipinski definition) is 2. The summed E-state index contributed by atoms with van der Waals surface area (Å²) in [6.45, 7) is 2.91. The van der Waals surface area contributed by atoms with Crippen LogP contribution < -0.4 is 10.6 Å². The highest BCUT2D eigenvalue weighted by atomic mass is 16.3. The number of amides is 1. The zero-order chi connectivity index (χ0) is 20.6. The van der Waals surface area contributed by atoms with E-state index in [1.165, 1.54) is 36.0 Å². The highest BCUT2D eigenvalue weighted by Gasteiger charge is 2.14. The van der Waals surface area contributed by atoms with E-state index in [9.17, 15) is 4.79 Å². The van der Waals surface area contributed by atoms with Crippen LogP contribution in [-0.2, 0) is 24.1 Å². The summed E-state index contributed by atoms with van der Waals surface area (Å²) in [5.41, 5.74) is 4.19. The first kappa shape index (κ1) is 21.0. The number of guanidine groups is 1. The van der Waals surface area contributed by atoms with Gasteiger partial charge in [0, 0.05) is 27.1 Å². The van der Waals surface area contributed by atoms with Crippen molar-refractivity contribution in [2.24, 2.45) is 4.99 Å². The zero-order valence-electron chi connectivity index (χ0n) is 17.7. The fourth-order valence-corrected chi connectivity index (χ4v) is 3.51. The second kappa shape index (κ2) is 10.1. The molecule has 1 aliphatic carbocycles. The molecule has 0 radical (unpaired) electrons. The fourth-order valence-electron chi connectivity index (χ4n) is 3.51. The number of fused-ring (bicyclic) bond motifs is 1. The molecule has 3 rings (SSSR count). The molecule has 6 nitrogen and oxygen atoms in total. The molecular weight excluding hydrogens is 364 g/mol. The Balaban J connectivity index is 1.65. The first-order valence-corrected chi connectivity index (χ1v) is 10.4. The van der Waals surface area contributed by atoms with Gasteiger partial charge in [0.1, 0.15) is 12.3 Å². The maximum absolute atomic E-state index is 12.0. The van der Waals surface area contributed by atoms with E-state index in [-0.39, 0.29) is 18.5 Å². The fraction of sp³-hybridized carbons (Fsp3) is 0.478. The van der Waals surface area contributed by atoms with Crippen molar-refractivity contribution in [3.63, 3.8) is 0 Å². The molecule has 2 N–H and O–H groups in total.